The van der Waals surface area contributed by atoms with E-state index >= 15 is 0 Å². The summed E-state index contributed by atoms with van der Waals surface area (Å²) in [5.41, 5.74) is -1.36. The van der Waals surface area contributed by atoms with Gasteiger partial charge in [-0.3, -0.25) is 19.2 Å². The normalized spacial score (nSPS) is 24.1. The summed E-state index contributed by atoms with van der Waals surface area (Å²) in [6, 6.07) is 9.54. The molecule has 0 radical (unpaired) electrons. The molecule has 1 amide bonds. The number of hydrogen-bond donors (Lipinski definition) is 8. The molecule has 1 aliphatic heterocycles. The monoisotopic (exact) mass is 1080 g/mol. The van der Waals surface area contributed by atoms with E-state index in [1.807, 2.05) is 113 Å². The molecule has 1 aliphatic rings. The topological polar surface area (TPSA) is 278 Å². The molecule has 0 spiro atoms. The van der Waals surface area contributed by atoms with E-state index in [-0.39, 0.29) is 92.6 Å². The van der Waals surface area contributed by atoms with Gasteiger partial charge < -0.3 is 61.3 Å². The van der Waals surface area contributed by atoms with Crippen LogP contribution in [-0.4, -0.2) is 150 Å². The molecular formula is C57H112N4O14. The van der Waals surface area contributed by atoms with Crippen LogP contribution in [0.2, 0.25) is 0 Å². The minimum Gasteiger partial charge on any atom is -0.481 e. The molecule has 1 saturated heterocycles. The van der Waals surface area contributed by atoms with Gasteiger partial charge in [-0.2, -0.15) is 5.06 Å². The minimum atomic E-state index is -1.52. The third-order valence-corrected chi connectivity index (χ3v) is 12.7. The number of esters is 1. The number of hydrogen-bond acceptors (Lipinski definition) is 16. The van der Waals surface area contributed by atoms with Gasteiger partial charge in [0.15, 0.2) is 11.4 Å². The average molecular weight is 1080 g/mol. The van der Waals surface area contributed by atoms with Gasteiger partial charge in [-0.15, -0.1) is 0 Å². The van der Waals surface area contributed by atoms with E-state index in [9.17, 15) is 34.5 Å². The van der Waals surface area contributed by atoms with Gasteiger partial charge >= 0.3 is 18.0 Å². The molecular weight excluding hydrogens is 965 g/mol. The Bertz CT molecular complexity index is 1590. The number of ether oxygens (including phenoxy) is 4. The first-order valence-corrected chi connectivity index (χ1v) is 27.2. The lowest BCUT2D eigenvalue weighted by atomic mass is 9.64. The fourth-order valence-corrected chi connectivity index (χ4v) is 8.11. The molecule has 75 heavy (non-hydrogen) atoms. The molecule has 18 nitrogen and oxygen atoms in total. The quantitative estimate of drug-likeness (QED) is 0.0374. The summed E-state index contributed by atoms with van der Waals surface area (Å²) >= 11 is 0. The number of aliphatic hydroxyl groups is 4. The summed E-state index contributed by atoms with van der Waals surface area (Å²) in [6.07, 6.45) is 2.84. The number of benzene rings is 1. The number of aliphatic carboxylic acids is 1. The molecule has 1 heterocycles. The first-order chi connectivity index (χ1) is 34.5. The van der Waals surface area contributed by atoms with Crippen LogP contribution < -0.4 is 16.8 Å². The molecule has 444 valence electrons. The Morgan fingerprint density at radius 2 is 1.47 bits per heavy atom. The van der Waals surface area contributed by atoms with Crippen molar-refractivity contribution in [2.24, 2.45) is 35.0 Å². The Labute approximate surface area is 454 Å². The third kappa shape index (κ3) is 37.2. The lowest BCUT2D eigenvalue weighted by Crippen LogP contribution is -2.52. The lowest BCUT2D eigenvalue weighted by molar-refractivity contribution is -0.172. The van der Waals surface area contributed by atoms with Crippen LogP contribution in [0.15, 0.2) is 30.3 Å². The number of Topliss-reactive ketones (excluding diaryl/α,β-unsaturated/α-hetero) is 1. The summed E-state index contributed by atoms with van der Waals surface area (Å²) < 4.78 is 24.0. The number of amides is 1. The summed E-state index contributed by atoms with van der Waals surface area (Å²) in [6.45, 7) is 34.4. The van der Waals surface area contributed by atoms with Crippen molar-refractivity contribution in [1.82, 2.24) is 21.8 Å². The Balaban J connectivity index is -0.000000870. The molecule has 0 aromatic heterocycles. The second-order valence-corrected chi connectivity index (χ2v) is 21.5. The average Bonchev–Trinajstić information content (AvgIpc) is 3.33. The van der Waals surface area contributed by atoms with Crippen molar-refractivity contribution in [2.75, 3.05) is 47.1 Å². The van der Waals surface area contributed by atoms with Gasteiger partial charge in [-0.25, -0.2) is 4.79 Å². The van der Waals surface area contributed by atoms with Gasteiger partial charge in [-0.05, 0) is 110 Å². The van der Waals surface area contributed by atoms with E-state index in [2.05, 4.69) is 24.5 Å². The lowest BCUT2D eigenvalue weighted by Gasteiger charge is -2.46. The maximum Gasteiger partial charge on any atom is 0.408 e. The van der Waals surface area contributed by atoms with E-state index in [0.29, 0.717) is 39.0 Å². The predicted octanol–water partition coefficient (Wildman–Crippen LogP) is 9.16. The van der Waals surface area contributed by atoms with Gasteiger partial charge in [0, 0.05) is 65.2 Å². The van der Waals surface area contributed by atoms with Crippen LogP contribution in [-0.2, 0) is 44.7 Å². The van der Waals surface area contributed by atoms with Gasteiger partial charge in [-0.1, -0.05) is 105 Å². The Morgan fingerprint density at radius 1 is 0.893 bits per heavy atom. The Kier molecular flexibility index (Phi) is 45.5. The van der Waals surface area contributed by atoms with Crippen molar-refractivity contribution in [3.8, 4) is 0 Å². The molecule has 10 N–H and O–H groups in total. The van der Waals surface area contributed by atoms with Crippen molar-refractivity contribution >= 4 is 23.8 Å². The number of rotatable bonds is 23. The Hall–Kier alpha value is -3.30. The fourth-order valence-electron chi connectivity index (χ4n) is 8.11. The Morgan fingerprint density at radius 3 is 1.93 bits per heavy atom. The maximum atomic E-state index is 14.5. The summed E-state index contributed by atoms with van der Waals surface area (Å²) in [4.78, 5) is 57.1. The number of cyclic esters (lactones) is 1. The fraction of sp³-hybridized carbons (Fsp3) is 0.825. The first-order valence-electron chi connectivity index (χ1n) is 27.2. The smallest absolute Gasteiger partial charge is 0.408 e. The van der Waals surface area contributed by atoms with Crippen molar-refractivity contribution in [3.63, 3.8) is 0 Å². The minimum absolute atomic E-state index is 0. The number of carbonyl (C=O) groups is 4. The van der Waals surface area contributed by atoms with E-state index < -0.39 is 53.2 Å². The van der Waals surface area contributed by atoms with Gasteiger partial charge in [0.2, 0.25) is 0 Å². The zero-order valence-electron chi connectivity index (χ0n) is 50.3. The number of nitrogens with zero attached hydrogens (tertiary/aromatic N) is 1. The van der Waals surface area contributed by atoms with E-state index in [4.69, 9.17) is 34.0 Å². The largest absolute Gasteiger partial charge is 0.481 e. The molecule has 1 aromatic carbocycles. The van der Waals surface area contributed by atoms with Crippen LogP contribution in [0.4, 0.5) is 4.79 Å². The highest BCUT2D eigenvalue weighted by atomic mass is 16.7. The van der Waals surface area contributed by atoms with E-state index in [1.54, 1.807) is 32.9 Å². The standard InChI is InChI=1S/C39H67N3O9.C8H18O2.C5H10O2.C4H10.CH4O.H3N/c1-26-20-27(2)35(45)39(9,51-37(47)41-22-33-14-12-11-13-15-33)25-38(8,17-18-42(10)50-24-30(5)44)32(7)34(31(6)36(46)49-23-26)48-19-16-28(3)40-21-29(4)43;1-5-8(9)7(4)10-6(2)3;1-4(2)3-5(6)7;1-3-4-2;1-2;/h11-15,26-32,34,40,43-44H,16-25H2,1-10H3,(H,41,47);6-9H,5H2,1-4H3;4H,3H2,1-2H3,(H,6,7);3-4H2,1-2H3;2H,1H3;1H3/t26-,27?,28+,29+,30?,31?,32+,34-,38?,39+;7?,8-;;;;/m10..../s1. The van der Waals surface area contributed by atoms with Crippen LogP contribution >= 0.6 is 0 Å². The van der Waals surface area contributed by atoms with Gasteiger partial charge in [0.25, 0.3) is 0 Å². The molecule has 18 heteroatoms. The zero-order chi connectivity index (χ0) is 57.8. The molecule has 5 unspecified atom stereocenters. The predicted molar refractivity (Wildman–Crippen MR) is 299 cm³/mol. The highest BCUT2D eigenvalue weighted by Crippen LogP contribution is 2.46. The highest BCUT2D eigenvalue weighted by molar-refractivity contribution is 5.91. The molecule has 0 bridgehead atoms. The van der Waals surface area contributed by atoms with E-state index in [0.717, 1.165) is 19.1 Å². The van der Waals surface area contributed by atoms with E-state index in [1.165, 1.54) is 12.8 Å². The second kappa shape index (κ2) is 43.7. The molecule has 1 aromatic rings. The van der Waals surface area contributed by atoms with Crippen LogP contribution in [0.3, 0.4) is 0 Å². The van der Waals surface area contributed by atoms with Crippen LogP contribution in [0.5, 0.6) is 0 Å². The summed E-state index contributed by atoms with van der Waals surface area (Å²) in [5, 5.41) is 51.6. The number of alkyl carbamates (subject to hydrolysis) is 1. The molecule has 12 atom stereocenters. The molecule has 0 saturated carbocycles. The molecule has 2 rings (SSSR count). The number of unbranched alkanes of at least 4 members (excludes halogenated alkanes) is 1. The highest BCUT2D eigenvalue weighted by Gasteiger charge is 2.50. The van der Waals surface area contributed by atoms with Gasteiger partial charge in [0.05, 0.1) is 55.8 Å². The van der Waals surface area contributed by atoms with Crippen LogP contribution in [0.25, 0.3) is 0 Å². The van der Waals surface area contributed by atoms with Crippen molar-refractivity contribution < 1.29 is 68.5 Å². The number of carboxylic acids is 1. The second-order valence-electron chi connectivity index (χ2n) is 21.5. The van der Waals surface area contributed by atoms with Gasteiger partial charge in [0.1, 0.15) is 0 Å². The molecule has 1 fully saturated rings. The molecule has 0 aliphatic carbocycles. The van der Waals surface area contributed by atoms with Crippen molar-refractivity contribution in [3.05, 3.63) is 35.9 Å². The number of ketones is 1. The number of hydroxylamine groups is 2. The van der Waals surface area contributed by atoms with Crippen LogP contribution in [0, 0.1) is 35.0 Å². The van der Waals surface area contributed by atoms with Crippen LogP contribution in [0.1, 0.15) is 175 Å². The number of carboxylic acid groups (broad SMARTS) is 1. The number of carbonyl (C=O) groups excluding carboxylic acids is 3. The van der Waals surface area contributed by atoms with Crippen molar-refractivity contribution in [2.45, 2.75) is 224 Å². The maximum absolute atomic E-state index is 14.5. The SMILES string of the molecule is CC(C)CC(=O)O.CC(O)CON(C)CCC1(C)C[C@](C)(OC(=O)NCc2ccccc2)C(=O)C(C)C[C@@H](C)COC(=O)C(C)[C@@H](OCC[C@H](C)NC[C@H](C)O)[C@@H]1C.CCCC.CC[C@H](O)C(C)OC(C)C.CO.N. The zero-order valence-corrected chi connectivity index (χ0v) is 50.3. The van der Waals surface area contributed by atoms with Crippen molar-refractivity contribution in [1.29, 1.82) is 0 Å². The summed E-state index contributed by atoms with van der Waals surface area (Å²) in [5.74, 6) is -2.56. The first kappa shape index (κ1) is 78.2. The third-order valence-electron chi connectivity index (χ3n) is 12.7. The summed E-state index contributed by atoms with van der Waals surface area (Å²) in [7, 11) is 2.78. The number of nitrogens with one attached hydrogen (secondary N) is 2. The number of aliphatic hydroxyl groups excluding tert-OH is 4.